The van der Waals surface area contributed by atoms with Crippen molar-refractivity contribution in [2.24, 2.45) is 15.4 Å². The van der Waals surface area contributed by atoms with Crippen LogP contribution in [0.3, 0.4) is 0 Å². The van der Waals surface area contributed by atoms with Gasteiger partial charge in [0.05, 0.1) is 24.5 Å². The molecule has 0 radical (unpaired) electrons. The molecule has 2 N–H and O–H groups in total. The quantitative estimate of drug-likeness (QED) is 0.182. The molecule has 33 heavy (non-hydrogen) atoms. The van der Waals surface area contributed by atoms with Gasteiger partial charge in [-0.1, -0.05) is 0 Å². The lowest BCUT2D eigenvalue weighted by Crippen LogP contribution is -2.63. The summed E-state index contributed by atoms with van der Waals surface area (Å²) >= 11 is 6.01. The number of ether oxygens (including phenoxy) is 2. The Labute approximate surface area is 198 Å². The van der Waals surface area contributed by atoms with Crippen molar-refractivity contribution in [3.05, 3.63) is 11.8 Å². The van der Waals surface area contributed by atoms with Crippen molar-refractivity contribution in [3.63, 3.8) is 0 Å². The van der Waals surface area contributed by atoms with Crippen molar-refractivity contribution in [1.82, 2.24) is 19.6 Å². The summed E-state index contributed by atoms with van der Waals surface area (Å²) in [6.45, 7) is 7.93. The van der Waals surface area contributed by atoms with Crippen LogP contribution in [0.15, 0.2) is 16.2 Å². The van der Waals surface area contributed by atoms with E-state index in [1.54, 1.807) is 10.9 Å². The van der Waals surface area contributed by atoms with Crippen LogP contribution in [0.1, 0.15) is 37.5 Å². The molecule has 13 heteroatoms. The molecule has 3 fully saturated rings. The second-order valence-corrected chi connectivity index (χ2v) is 11.1. The fraction of sp³-hybridized carbons (Fsp3) is 0.750. The van der Waals surface area contributed by atoms with E-state index in [2.05, 4.69) is 38.6 Å². The minimum absolute atomic E-state index is 0.107. The van der Waals surface area contributed by atoms with Gasteiger partial charge >= 0.3 is 7.60 Å². The molecule has 11 nitrogen and oxygen atoms in total. The number of nitrogens with zero attached hydrogens (tertiary/aromatic N) is 6. The zero-order valence-corrected chi connectivity index (χ0v) is 20.5. The number of halogens is 1. The number of hydrogen-bond donors (Lipinski definition) is 2. The molecular weight excluding hydrogens is 471 g/mol. The van der Waals surface area contributed by atoms with Crippen LogP contribution in [-0.4, -0.2) is 100 Å². The van der Waals surface area contributed by atoms with Gasteiger partial charge in [0, 0.05) is 25.0 Å². The first-order valence-electron chi connectivity index (χ1n) is 11.1. The first kappa shape index (κ1) is 24.8. The second kappa shape index (κ2) is 10.1. The Morgan fingerprint density at radius 3 is 2.88 bits per heavy atom. The van der Waals surface area contributed by atoms with Gasteiger partial charge in [-0.2, -0.15) is 5.10 Å². The second-order valence-electron chi connectivity index (χ2n) is 9.24. The smallest absolute Gasteiger partial charge is 0.350 e. The summed E-state index contributed by atoms with van der Waals surface area (Å²) in [7, 11) is -2.02. The van der Waals surface area contributed by atoms with Crippen molar-refractivity contribution < 1.29 is 23.8 Å². The molecule has 1 aromatic rings. The highest BCUT2D eigenvalue weighted by Gasteiger charge is 2.46. The Bertz CT molecular complexity index is 930. The fourth-order valence-corrected chi connectivity index (χ4v) is 5.67. The van der Waals surface area contributed by atoms with E-state index in [0.717, 1.165) is 37.6 Å². The number of rotatable bonds is 8. The van der Waals surface area contributed by atoms with E-state index in [-0.39, 0.29) is 24.9 Å². The number of piperidine rings is 1. The maximum absolute atomic E-state index is 11.0. The topological polar surface area (TPSA) is 125 Å². The monoisotopic (exact) mass is 502 g/mol. The first-order valence-corrected chi connectivity index (χ1v) is 13.4. The SMILES string of the molecule is C=Nc1c(/C(=N\CCl)N2CC3(CCCN(C)C3)C2)cnn1C1CCC(COCP(=O)(O)O)O1. The largest absolute Gasteiger partial charge is 0.366 e. The van der Waals surface area contributed by atoms with Crippen LogP contribution in [0, 0.1) is 5.41 Å². The van der Waals surface area contributed by atoms with Crippen LogP contribution in [0.25, 0.3) is 0 Å². The summed E-state index contributed by atoms with van der Waals surface area (Å²) in [5.41, 5.74) is 1.07. The molecule has 2 unspecified atom stereocenters. The van der Waals surface area contributed by atoms with Crippen LogP contribution in [0.5, 0.6) is 0 Å². The molecule has 0 bridgehead atoms. The lowest BCUT2D eigenvalue weighted by Gasteiger charge is -2.55. The Hall–Kier alpha value is -1.33. The van der Waals surface area contributed by atoms with Gasteiger partial charge in [0.15, 0.2) is 12.0 Å². The van der Waals surface area contributed by atoms with E-state index in [1.165, 1.54) is 12.8 Å². The number of aromatic nitrogens is 2. The van der Waals surface area contributed by atoms with E-state index in [9.17, 15) is 4.57 Å². The summed E-state index contributed by atoms with van der Waals surface area (Å²) < 4.78 is 23.8. The third kappa shape index (κ3) is 5.67. The predicted octanol–water partition coefficient (Wildman–Crippen LogP) is 2.02. The van der Waals surface area contributed by atoms with Crippen LogP contribution in [0.2, 0.25) is 0 Å². The lowest BCUT2D eigenvalue weighted by atomic mass is 9.73. The molecule has 3 aliphatic rings. The van der Waals surface area contributed by atoms with E-state index in [1.807, 2.05) is 0 Å². The number of likely N-dealkylation sites (tertiary alicyclic amines) is 2. The van der Waals surface area contributed by atoms with E-state index < -0.39 is 13.9 Å². The highest BCUT2D eigenvalue weighted by molar-refractivity contribution is 7.51. The zero-order chi connectivity index (χ0) is 23.6. The summed E-state index contributed by atoms with van der Waals surface area (Å²) in [5, 5.41) is 4.52. The van der Waals surface area contributed by atoms with Gasteiger partial charge in [-0.05, 0) is 46.0 Å². The van der Waals surface area contributed by atoms with Gasteiger partial charge < -0.3 is 29.1 Å². The Balaban J connectivity index is 1.44. The zero-order valence-electron chi connectivity index (χ0n) is 18.8. The van der Waals surface area contributed by atoms with E-state index in [0.29, 0.717) is 24.1 Å². The van der Waals surface area contributed by atoms with Crippen molar-refractivity contribution in [2.75, 3.05) is 52.2 Å². The molecular formula is C20H32ClN6O5P. The molecule has 184 valence electrons. The summed E-state index contributed by atoms with van der Waals surface area (Å²) in [6, 6.07) is 0.138. The summed E-state index contributed by atoms with van der Waals surface area (Å²) in [4.78, 5) is 31.3. The maximum Gasteiger partial charge on any atom is 0.350 e. The van der Waals surface area contributed by atoms with Crippen molar-refractivity contribution >= 4 is 37.6 Å². The van der Waals surface area contributed by atoms with Crippen molar-refractivity contribution in [1.29, 1.82) is 0 Å². The number of alkyl halides is 1. The van der Waals surface area contributed by atoms with Gasteiger partial charge in [-0.3, -0.25) is 9.56 Å². The van der Waals surface area contributed by atoms with Gasteiger partial charge in [0.2, 0.25) is 0 Å². The van der Waals surface area contributed by atoms with Gasteiger partial charge in [-0.25, -0.2) is 9.67 Å². The molecule has 0 saturated carbocycles. The van der Waals surface area contributed by atoms with Crippen LogP contribution >= 0.6 is 19.2 Å². The number of amidine groups is 1. The fourth-order valence-electron chi connectivity index (χ4n) is 5.21. The Morgan fingerprint density at radius 2 is 2.21 bits per heavy atom. The summed E-state index contributed by atoms with van der Waals surface area (Å²) in [6.07, 6.45) is 4.26. The van der Waals surface area contributed by atoms with Crippen molar-refractivity contribution in [2.45, 2.75) is 38.0 Å². The maximum atomic E-state index is 11.0. The molecule has 4 heterocycles. The summed E-state index contributed by atoms with van der Waals surface area (Å²) in [5.74, 6) is 1.35. The molecule has 0 aromatic carbocycles. The normalized spacial score (nSPS) is 26.1. The van der Waals surface area contributed by atoms with E-state index >= 15 is 0 Å². The van der Waals surface area contributed by atoms with Gasteiger partial charge in [0.25, 0.3) is 0 Å². The molecule has 1 spiro atoms. The third-order valence-electron chi connectivity index (χ3n) is 6.49. The number of aliphatic imine (C=N–C) groups is 2. The average Bonchev–Trinajstić information content (AvgIpc) is 3.36. The van der Waals surface area contributed by atoms with Gasteiger partial charge in [0.1, 0.15) is 18.2 Å². The molecule has 2 atom stereocenters. The molecule has 3 saturated heterocycles. The van der Waals surface area contributed by atoms with Crippen LogP contribution < -0.4 is 0 Å². The van der Waals surface area contributed by atoms with Crippen molar-refractivity contribution in [3.8, 4) is 0 Å². The van der Waals surface area contributed by atoms with E-state index in [4.69, 9.17) is 30.9 Å². The van der Waals surface area contributed by atoms with Crippen LogP contribution in [0.4, 0.5) is 5.82 Å². The Kier molecular flexibility index (Phi) is 7.59. The predicted molar refractivity (Wildman–Crippen MR) is 125 cm³/mol. The molecule has 3 aliphatic heterocycles. The number of hydrogen-bond acceptors (Lipinski definition) is 7. The first-order chi connectivity index (χ1) is 15.7. The minimum Gasteiger partial charge on any atom is -0.366 e. The average molecular weight is 503 g/mol. The van der Waals surface area contributed by atoms with Crippen LogP contribution in [-0.2, 0) is 14.0 Å². The van der Waals surface area contributed by atoms with Gasteiger partial charge in [-0.15, -0.1) is 11.6 Å². The molecule has 4 rings (SSSR count). The highest BCUT2D eigenvalue weighted by Crippen LogP contribution is 2.41. The minimum atomic E-state index is -4.20. The lowest BCUT2D eigenvalue weighted by molar-refractivity contribution is -0.0399. The molecule has 0 amide bonds. The molecule has 0 aliphatic carbocycles. The third-order valence-corrected chi connectivity index (χ3v) is 7.13. The standard InChI is InChI=1S/C20H32ClN6O5P/c1-22-18-16(19(23-13-21)26-11-20(12-26)6-3-7-25(2)10-20)8-24-27(18)17-5-4-15(32-17)9-31-14-33(28,29)30/h8,15,17H,1,3-7,9-14H2,2H3,(H2,28,29,30)/b23-19+. The molecule has 1 aromatic heterocycles. The highest BCUT2D eigenvalue weighted by atomic mass is 35.5. The Morgan fingerprint density at radius 1 is 1.42 bits per heavy atom.